The van der Waals surface area contributed by atoms with Gasteiger partial charge in [-0.05, 0) is 18.1 Å². The summed E-state index contributed by atoms with van der Waals surface area (Å²) >= 11 is 3.36. The van der Waals surface area contributed by atoms with E-state index in [4.69, 9.17) is 4.74 Å². The van der Waals surface area contributed by atoms with Crippen molar-refractivity contribution in [2.24, 2.45) is 5.92 Å². The molecule has 0 aliphatic carbocycles. The molecule has 4 heteroatoms. The number of rotatable bonds is 2. The van der Waals surface area contributed by atoms with E-state index >= 15 is 0 Å². The number of benzene rings is 1. The molecule has 2 rings (SSSR count). The second kappa shape index (κ2) is 4.45. The number of hydrogen-bond acceptors (Lipinski definition) is 2. The number of ether oxygens (including phenoxy) is 1. The molecule has 0 unspecified atom stereocenters. The van der Waals surface area contributed by atoms with Crippen molar-refractivity contribution in [1.82, 2.24) is 4.90 Å². The van der Waals surface area contributed by atoms with Gasteiger partial charge in [-0.1, -0.05) is 35.8 Å². The number of fused-ring (bicyclic) bond motifs is 1. The fourth-order valence-corrected chi connectivity index (χ4v) is 2.10. The molecule has 0 bridgehead atoms. The number of hydrogen-bond donors (Lipinski definition) is 0. The summed E-state index contributed by atoms with van der Waals surface area (Å²) in [5.41, 5.74) is 1.06. The van der Waals surface area contributed by atoms with Gasteiger partial charge in [-0.3, -0.25) is 0 Å². The van der Waals surface area contributed by atoms with E-state index in [1.165, 1.54) is 0 Å². The average Bonchev–Trinajstić information content (AvgIpc) is 2.19. The van der Waals surface area contributed by atoms with Crippen molar-refractivity contribution in [1.29, 1.82) is 0 Å². The number of carbonyl (C=O) groups is 1. The Balaban J connectivity index is 2.22. The quantitative estimate of drug-likeness (QED) is 0.832. The van der Waals surface area contributed by atoms with E-state index < -0.39 is 0 Å². The highest BCUT2D eigenvalue weighted by molar-refractivity contribution is 9.10. The topological polar surface area (TPSA) is 29.5 Å². The van der Waals surface area contributed by atoms with Crippen molar-refractivity contribution in [3.05, 3.63) is 28.2 Å². The van der Waals surface area contributed by atoms with Crippen molar-refractivity contribution < 1.29 is 9.53 Å². The van der Waals surface area contributed by atoms with Crippen LogP contribution in [0.5, 0.6) is 5.75 Å². The van der Waals surface area contributed by atoms with Gasteiger partial charge < -0.3 is 9.64 Å². The lowest BCUT2D eigenvalue weighted by Gasteiger charge is -2.29. The normalized spacial score (nSPS) is 15.0. The van der Waals surface area contributed by atoms with E-state index in [-0.39, 0.29) is 6.09 Å². The fraction of sp³-hybridized carbons (Fsp3) is 0.417. The maximum Gasteiger partial charge on any atom is 0.415 e. The zero-order valence-corrected chi connectivity index (χ0v) is 11.0. The molecule has 86 valence electrons. The second-order valence-corrected chi connectivity index (χ2v) is 5.31. The summed E-state index contributed by atoms with van der Waals surface area (Å²) in [5.74, 6) is 1.11. The summed E-state index contributed by atoms with van der Waals surface area (Å²) in [7, 11) is 0. The molecular formula is C12H14BrNO2. The molecule has 0 radical (unpaired) electrons. The third kappa shape index (κ3) is 2.38. The first-order valence-electron chi connectivity index (χ1n) is 5.31. The van der Waals surface area contributed by atoms with Crippen molar-refractivity contribution in [2.75, 3.05) is 6.54 Å². The summed E-state index contributed by atoms with van der Waals surface area (Å²) in [6.07, 6.45) is -0.251. The van der Waals surface area contributed by atoms with Gasteiger partial charge in [0.05, 0.1) is 6.54 Å². The van der Waals surface area contributed by atoms with E-state index in [1.807, 2.05) is 18.2 Å². The Kier molecular flexibility index (Phi) is 3.19. The van der Waals surface area contributed by atoms with Crippen LogP contribution in [0.3, 0.4) is 0 Å². The van der Waals surface area contributed by atoms with Crippen LogP contribution in [-0.2, 0) is 6.54 Å². The number of amides is 1. The van der Waals surface area contributed by atoms with Gasteiger partial charge in [-0.2, -0.15) is 0 Å². The zero-order valence-electron chi connectivity index (χ0n) is 9.37. The lowest BCUT2D eigenvalue weighted by molar-refractivity contribution is 0.132. The van der Waals surface area contributed by atoms with Crippen LogP contribution in [-0.4, -0.2) is 17.5 Å². The highest BCUT2D eigenvalue weighted by Crippen LogP contribution is 2.29. The molecule has 0 atom stereocenters. The Hall–Kier alpha value is -1.03. The fourth-order valence-electron chi connectivity index (χ4n) is 1.76. The molecule has 1 aromatic rings. The molecule has 1 aliphatic heterocycles. The summed E-state index contributed by atoms with van der Waals surface area (Å²) < 4.78 is 6.21. The van der Waals surface area contributed by atoms with Crippen LogP contribution in [0.25, 0.3) is 0 Å². The average molecular weight is 284 g/mol. The van der Waals surface area contributed by atoms with Crippen LogP contribution >= 0.6 is 15.9 Å². The molecule has 0 saturated carbocycles. The molecule has 1 aromatic carbocycles. The van der Waals surface area contributed by atoms with Gasteiger partial charge >= 0.3 is 6.09 Å². The molecule has 1 aliphatic rings. The zero-order chi connectivity index (χ0) is 11.7. The Morgan fingerprint density at radius 2 is 2.25 bits per heavy atom. The van der Waals surface area contributed by atoms with E-state index in [2.05, 4.69) is 29.8 Å². The first kappa shape index (κ1) is 11.5. The predicted octanol–water partition coefficient (Wildman–Crippen LogP) is 3.42. The van der Waals surface area contributed by atoms with Gasteiger partial charge in [-0.15, -0.1) is 0 Å². The van der Waals surface area contributed by atoms with Crippen LogP contribution in [0.2, 0.25) is 0 Å². The third-order valence-electron chi connectivity index (χ3n) is 2.43. The largest absolute Gasteiger partial charge is 0.415 e. The maximum atomic E-state index is 11.7. The minimum atomic E-state index is -0.251. The van der Waals surface area contributed by atoms with Gasteiger partial charge in [0.25, 0.3) is 0 Å². The van der Waals surface area contributed by atoms with E-state index in [1.54, 1.807) is 4.90 Å². The monoisotopic (exact) mass is 283 g/mol. The van der Waals surface area contributed by atoms with Crippen LogP contribution in [0, 0.1) is 5.92 Å². The minimum Gasteiger partial charge on any atom is -0.410 e. The van der Waals surface area contributed by atoms with E-state index in [0.717, 1.165) is 16.6 Å². The molecular weight excluding hydrogens is 270 g/mol. The van der Waals surface area contributed by atoms with Crippen LogP contribution in [0.15, 0.2) is 22.7 Å². The molecule has 3 nitrogen and oxygen atoms in total. The highest BCUT2D eigenvalue weighted by atomic mass is 79.9. The van der Waals surface area contributed by atoms with Crippen LogP contribution in [0.1, 0.15) is 19.4 Å². The van der Waals surface area contributed by atoms with Gasteiger partial charge in [-0.25, -0.2) is 4.79 Å². The molecule has 16 heavy (non-hydrogen) atoms. The van der Waals surface area contributed by atoms with Crippen molar-refractivity contribution in [2.45, 2.75) is 20.4 Å². The first-order valence-corrected chi connectivity index (χ1v) is 6.10. The van der Waals surface area contributed by atoms with E-state index in [9.17, 15) is 4.79 Å². The minimum absolute atomic E-state index is 0.251. The molecule has 0 aromatic heterocycles. The lowest BCUT2D eigenvalue weighted by Crippen LogP contribution is -2.39. The Labute approximate surface area is 104 Å². The lowest BCUT2D eigenvalue weighted by atomic mass is 10.1. The summed E-state index contributed by atoms with van der Waals surface area (Å²) in [6.45, 7) is 5.54. The van der Waals surface area contributed by atoms with Gasteiger partial charge in [0.1, 0.15) is 5.75 Å². The smallest absolute Gasteiger partial charge is 0.410 e. The summed E-state index contributed by atoms with van der Waals surface area (Å²) in [6, 6.07) is 5.78. The molecule has 1 amide bonds. The number of nitrogens with zero attached hydrogens (tertiary/aromatic N) is 1. The van der Waals surface area contributed by atoms with Crippen molar-refractivity contribution in [3.8, 4) is 5.75 Å². The van der Waals surface area contributed by atoms with Crippen molar-refractivity contribution in [3.63, 3.8) is 0 Å². The Morgan fingerprint density at radius 1 is 1.50 bits per heavy atom. The van der Waals surface area contributed by atoms with Crippen LogP contribution in [0.4, 0.5) is 4.79 Å². The molecule has 0 fully saturated rings. The number of carbonyl (C=O) groups excluding carboxylic acids is 1. The van der Waals surface area contributed by atoms with E-state index in [0.29, 0.717) is 18.2 Å². The van der Waals surface area contributed by atoms with Gasteiger partial charge in [0.2, 0.25) is 0 Å². The predicted molar refractivity (Wildman–Crippen MR) is 65.4 cm³/mol. The summed E-state index contributed by atoms with van der Waals surface area (Å²) in [4.78, 5) is 13.4. The molecule has 0 N–H and O–H groups in total. The molecule has 1 heterocycles. The maximum absolute atomic E-state index is 11.7. The standard InChI is InChI=1S/C12H14BrNO2/c1-8(2)6-14-7-9-3-4-10(13)5-11(9)16-12(14)15/h3-5,8H,6-7H2,1-2H3. The Morgan fingerprint density at radius 3 is 2.94 bits per heavy atom. The Bertz CT molecular complexity index is 417. The second-order valence-electron chi connectivity index (χ2n) is 4.39. The van der Waals surface area contributed by atoms with Gasteiger partial charge in [0, 0.05) is 16.6 Å². The SMILES string of the molecule is CC(C)CN1Cc2ccc(Br)cc2OC1=O. The van der Waals surface area contributed by atoms with Crippen LogP contribution < -0.4 is 4.74 Å². The first-order chi connectivity index (χ1) is 7.56. The summed E-state index contributed by atoms with van der Waals surface area (Å²) in [5, 5.41) is 0. The molecule has 0 spiro atoms. The van der Waals surface area contributed by atoms with Gasteiger partial charge in [0.15, 0.2) is 0 Å². The van der Waals surface area contributed by atoms with Crippen molar-refractivity contribution >= 4 is 22.0 Å². The highest BCUT2D eigenvalue weighted by Gasteiger charge is 2.25. The molecule has 0 saturated heterocycles. The number of halogens is 1. The third-order valence-corrected chi connectivity index (χ3v) is 2.92.